The molecule has 0 N–H and O–H groups in total. The molecule has 1 aliphatic rings. The fourth-order valence-electron chi connectivity index (χ4n) is 4.56. The second-order valence-electron chi connectivity index (χ2n) is 10.3. The number of hydrogen-bond acceptors (Lipinski definition) is 7. The fraction of sp³-hybridized carbons (Fsp3) is 0.520. The van der Waals surface area contributed by atoms with E-state index < -0.39 is 10.0 Å². The van der Waals surface area contributed by atoms with Crippen LogP contribution in [0.4, 0.5) is 5.82 Å². The van der Waals surface area contributed by atoms with Gasteiger partial charge in [0.15, 0.2) is 0 Å². The largest absolute Gasteiger partial charge is 0.377 e. The maximum atomic E-state index is 6.00. The highest BCUT2D eigenvalue weighted by Gasteiger charge is 2.26. The maximum absolute atomic E-state index is 6.00. The van der Waals surface area contributed by atoms with E-state index in [1.165, 1.54) is 0 Å². The van der Waals surface area contributed by atoms with Gasteiger partial charge in [-0.1, -0.05) is 0 Å². The molecule has 5 heterocycles. The van der Waals surface area contributed by atoms with Crippen LogP contribution in [-0.4, -0.2) is 91.0 Å². The first-order chi connectivity index (χ1) is 17.2. The summed E-state index contributed by atoms with van der Waals surface area (Å²) in [6.45, 7) is 5.42. The third-order valence-electron chi connectivity index (χ3n) is 6.54. The van der Waals surface area contributed by atoms with E-state index in [1.54, 1.807) is 6.20 Å². The predicted octanol–water partition coefficient (Wildman–Crippen LogP) is 3.13. The third kappa shape index (κ3) is 4.87. The Labute approximate surface area is 213 Å². The number of ether oxygens (including phenoxy) is 2. The smallest absolute Gasteiger partial charge is 0.140 e. The molecule has 11 heteroatoms. The molecule has 0 spiro atoms. The van der Waals surface area contributed by atoms with Gasteiger partial charge >= 0.3 is 0 Å². The molecule has 5 rings (SSSR count). The van der Waals surface area contributed by atoms with E-state index in [9.17, 15) is 0 Å². The maximum Gasteiger partial charge on any atom is 0.140 e. The van der Waals surface area contributed by atoms with Gasteiger partial charge in [0.1, 0.15) is 23.8 Å². The highest BCUT2D eigenvalue weighted by molar-refractivity contribution is 8.32. The van der Waals surface area contributed by atoms with E-state index in [2.05, 4.69) is 46.7 Å². The predicted molar refractivity (Wildman–Crippen MR) is 146 cm³/mol. The van der Waals surface area contributed by atoms with Crippen LogP contribution in [0.25, 0.3) is 33.7 Å². The van der Waals surface area contributed by atoms with Crippen LogP contribution in [0.2, 0.25) is 0 Å². The van der Waals surface area contributed by atoms with Gasteiger partial charge in [-0.15, -0.1) is 0 Å². The Kier molecular flexibility index (Phi) is 6.80. The van der Waals surface area contributed by atoms with Gasteiger partial charge in [-0.25, -0.2) is 24.7 Å². The van der Waals surface area contributed by atoms with Crippen LogP contribution < -0.4 is 4.90 Å². The van der Waals surface area contributed by atoms with Crippen LogP contribution in [0.3, 0.4) is 0 Å². The molecule has 1 saturated heterocycles. The van der Waals surface area contributed by atoms with Crippen molar-refractivity contribution in [3.8, 4) is 22.6 Å². The van der Waals surface area contributed by atoms with Crippen molar-refractivity contribution in [2.45, 2.75) is 19.7 Å². The molecular weight excluding hydrogens is 476 g/mol. The van der Waals surface area contributed by atoms with Crippen LogP contribution in [0.1, 0.15) is 6.92 Å². The Bertz CT molecular complexity index is 1350. The highest BCUT2D eigenvalue weighted by Crippen LogP contribution is 2.37. The monoisotopic (exact) mass is 512 g/mol. The van der Waals surface area contributed by atoms with Gasteiger partial charge in [0.25, 0.3) is 0 Å². The molecule has 0 saturated carbocycles. The summed E-state index contributed by atoms with van der Waals surface area (Å²) in [6.07, 6.45) is 12.4. The molecule has 1 aliphatic heterocycles. The first-order valence-corrected chi connectivity index (χ1v) is 15.2. The number of pyridine rings is 1. The molecule has 4 aromatic heterocycles. The number of rotatable bonds is 8. The number of imidazole rings is 1. The molecule has 10 nitrogen and oxygen atoms in total. The lowest BCUT2D eigenvalue weighted by atomic mass is 10.1. The Hall–Kier alpha value is -2.89. The summed E-state index contributed by atoms with van der Waals surface area (Å²) in [5.74, 6) is 1.98. The zero-order chi connectivity index (χ0) is 25.4. The normalized spacial score (nSPS) is 17.3. The average Bonchev–Trinajstić information content (AvgIpc) is 3.55. The summed E-state index contributed by atoms with van der Waals surface area (Å²) in [4.78, 5) is 11.9. The van der Waals surface area contributed by atoms with Crippen molar-refractivity contribution < 1.29 is 9.47 Å². The van der Waals surface area contributed by atoms with Crippen molar-refractivity contribution in [1.82, 2.24) is 34.1 Å². The first kappa shape index (κ1) is 24.8. The van der Waals surface area contributed by atoms with Crippen LogP contribution in [0.5, 0.6) is 0 Å². The lowest BCUT2D eigenvalue weighted by Gasteiger charge is -2.34. The molecule has 0 radical (unpaired) electrons. The third-order valence-corrected chi connectivity index (χ3v) is 7.94. The Morgan fingerprint density at radius 2 is 2.03 bits per heavy atom. The quantitative estimate of drug-likeness (QED) is 0.335. The molecule has 1 fully saturated rings. The van der Waals surface area contributed by atoms with Gasteiger partial charge in [0, 0.05) is 38.2 Å². The van der Waals surface area contributed by atoms with Crippen molar-refractivity contribution in [3.63, 3.8) is 0 Å². The molecule has 4 aromatic rings. The van der Waals surface area contributed by atoms with Gasteiger partial charge in [-0.3, -0.25) is 4.68 Å². The van der Waals surface area contributed by atoms with Crippen LogP contribution in [0, 0.1) is 0 Å². The summed E-state index contributed by atoms with van der Waals surface area (Å²) in [5.41, 5.74) is 5.54. The van der Waals surface area contributed by atoms with Crippen LogP contribution in [0.15, 0.2) is 30.9 Å². The van der Waals surface area contributed by atoms with Gasteiger partial charge in [0.2, 0.25) is 0 Å². The molecule has 36 heavy (non-hydrogen) atoms. The van der Waals surface area contributed by atoms with Gasteiger partial charge < -0.3 is 18.9 Å². The van der Waals surface area contributed by atoms with Crippen molar-refractivity contribution in [1.29, 1.82) is 0 Å². The number of fused-ring (bicyclic) bond motifs is 1. The summed E-state index contributed by atoms with van der Waals surface area (Å²) in [6, 6.07) is 4.37. The molecule has 0 amide bonds. The van der Waals surface area contributed by atoms with E-state index in [4.69, 9.17) is 19.6 Å². The Morgan fingerprint density at radius 1 is 1.19 bits per heavy atom. The van der Waals surface area contributed by atoms with Gasteiger partial charge in [-0.05, 0) is 37.8 Å². The highest BCUT2D eigenvalue weighted by atomic mass is 32.3. The minimum Gasteiger partial charge on any atom is -0.377 e. The van der Waals surface area contributed by atoms with Crippen molar-refractivity contribution in [2.24, 2.45) is 14.1 Å². The Morgan fingerprint density at radius 3 is 2.75 bits per heavy atom. The standard InChI is InChI=1S/C25H36N8O2S/c1-18-15-34-10-9-32(18)22-13-19(21-14-26-16-30(21)2)25-24(28-22)23(29-31(25)3)20-7-8-27-33(20)17-35-11-12-36(4,5)6/h7-8,13-14,16,18H,9-12,15,17H2,1-6H3/t18-/m1/s1. The summed E-state index contributed by atoms with van der Waals surface area (Å²) in [7, 11) is 3.37. The van der Waals surface area contributed by atoms with Gasteiger partial charge in [0.05, 0.1) is 55.3 Å². The van der Waals surface area contributed by atoms with E-state index in [0.717, 1.165) is 51.8 Å². The molecule has 0 aliphatic carbocycles. The summed E-state index contributed by atoms with van der Waals surface area (Å²) >= 11 is 0. The summed E-state index contributed by atoms with van der Waals surface area (Å²) in [5, 5.41) is 9.47. The molecule has 0 unspecified atom stereocenters. The number of morpholine rings is 1. The zero-order valence-corrected chi connectivity index (χ0v) is 22.8. The number of hydrogen-bond donors (Lipinski definition) is 0. The van der Waals surface area contributed by atoms with E-state index in [1.807, 2.05) is 46.6 Å². The van der Waals surface area contributed by atoms with Crippen LogP contribution >= 0.6 is 10.0 Å². The number of aryl methyl sites for hydroxylation is 2. The first-order valence-electron chi connectivity index (χ1n) is 12.2. The zero-order valence-electron chi connectivity index (χ0n) is 22.0. The van der Waals surface area contributed by atoms with Gasteiger partial charge in [-0.2, -0.15) is 10.2 Å². The topological polar surface area (TPSA) is 88.1 Å². The molecule has 194 valence electrons. The second-order valence-corrected chi connectivity index (χ2v) is 14.8. The van der Waals surface area contributed by atoms with Crippen molar-refractivity contribution in [3.05, 3.63) is 30.9 Å². The molecule has 0 bridgehead atoms. The van der Waals surface area contributed by atoms with Crippen molar-refractivity contribution >= 4 is 26.9 Å². The SMILES string of the molecule is C[C@@H]1COCCN1c1cc(-c2cncn2C)c2c(n1)c(-c1ccnn1COCCS(C)(C)C)nn2C. The molecule has 1 atom stereocenters. The minimum atomic E-state index is -0.604. The summed E-state index contributed by atoms with van der Waals surface area (Å²) < 4.78 is 17.5. The van der Waals surface area contributed by atoms with Crippen molar-refractivity contribution in [2.75, 3.05) is 55.8 Å². The average molecular weight is 513 g/mol. The number of anilines is 1. The lowest BCUT2D eigenvalue weighted by Crippen LogP contribution is -2.44. The number of aromatic nitrogens is 7. The van der Waals surface area contributed by atoms with E-state index in [0.29, 0.717) is 26.6 Å². The van der Waals surface area contributed by atoms with E-state index >= 15 is 0 Å². The minimum absolute atomic E-state index is 0.229. The lowest BCUT2D eigenvalue weighted by molar-refractivity contribution is 0.0821. The van der Waals surface area contributed by atoms with E-state index in [-0.39, 0.29) is 6.04 Å². The fourth-order valence-corrected chi connectivity index (χ4v) is 5.18. The number of nitrogens with zero attached hydrogens (tertiary/aromatic N) is 8. The van der Waals surface area contributed by atoms with Crippen LogP contribution in [-0.2, 0) is 30.3 Å². The Balaban J connectivity index is 1.60. The second kappa shape index (κ2) is 9.87. The molecule has 0 aromatic carbocycles. The molecular formula is C25H36N8O2S.